The monoisotopic (exact) mass is 351 g/mol. The zero-order valence-electron chi connectivity index (χ0n) is 12.0. The second kappa shape index (κ2) is 5.75. The standard InChI is InChI=1S/C15H11ClFN3O2S/c1-7(21)4-20-5-9(12-6-23-15(18)19-12)14(22)8-2-11(17)10(16)3-13(8)20/h2-3,5-6H,4H2,1H3,(H2,18,19). The van der Waals surface area contributed by atoms with E-state index in [1.807, 2.05) is 0 Å². The number of aromatic nitrogens is 2. The Balaban J connectivity index is 2.38. The van der Waals surface area contributed by atoms with E-state index < -0.39 is 5.82 Å². The van der Waals surface area contributed by atoms with Gasteiger partial charge in [0.25, 0.3) is 0 Å². The van der Waals surface area contributed by atoms with Crippen LogP contribution in [0, 0.1) is 5.82 Å². The van der Waals surface area contributed by atoms with E-state index in [9.17, 15) is 14.0 Å². The second-order valence-corrected chi connectivity index (χ2v) is 6.35. The number of hydrogen-bond acceptors (Lipinski definition) is 5. The number of nitrogens with two attached hydrogens (primary N) is 1. The number of ketones is 1. The summed E-state index contributed by atoms with van der Waals surface area (Å²) in [6.45, 7) is 1.46. The van der Waals surface area contributed by atoms with Crippen LogP contribution in [0.1, 0.15) is 6.92 Å². The van der Waals surface area contributed by atoms with Crippen molar-refractivity contribution in [2.45, 2.75) is 13.5 Å². The number of hydrogen-bond donors (Lipinski definition) is 1. The van der Waals surface area contributed by atoms with Crippen molar-refractivity contribution >= 4 is 44.8 Å². The molecule has 118 valence electrons. The van der Waals surface area contributed by atoms with Gasteiger partial charge in [-0.25, -0.2) is 9.37 Å². The van der Waals surface area contributed by atoms with Gasteiger partial charge in [-0.2, -0.15) is 0 Å². The van der Waals surface area contributed by atoms with Crippen LogP contribution in [0.5, 0.6) is 0 Å². The predicted octanol–water partition coefficient (Wildman–Crippen LogP) is 3.09. The molecular formula is C15H11ClFN3O2S. The Morgan fingerprint density at radius 1 is 1.48 bits per heavy atom. The van der Waals surface area contributed by atoms with Crippen LogP contribution in [-0.4, -0.2) is 15.3 Å². The minimum atomic E-state index is -0.694. The van der Waals surface area contributed by atoms with Gasteiger partial charge in [0.1, 0.15) is 11.6 Å². The average molecular weight is 352 g/mol. The van der Waals surface area contributed by atoms with Crippen molar-refractivity contribution in [1.82, 2.24) is 9.55 Å². The van der Waals surface area contributed by atoms with Crippen molar-refractivity contribution in [3.05, 3.63) is 44.8 Å². The van der Waals surface area contributed by atoms with Crippen LogP contribution >= 0.6 is 22.9 Å². The summed E-state index contributed by atoms with van der Waals surface area (Å²) in [5, 5.41) is 1.99. The fourth-order valence-electron chi connectivity index (χ4n) is 2.35. The van der Waals surface area contributed by atoms with E-state index in [0.29, 0.717) is 16.3 Å². The van der Waals surface area contributed by atoms with Crippen LogP contribution in [0.25, 0.3) is 22.2 Å². The number of carbonyl (C=O) groups is 1. The maximum absolute atomic E-state index is 13.8. The third-order valence-corrected chi connectivity index (χ3v) is 4.28. The molecule has 23 heavy (non-hydrogen) atoms. The molecule has 0 amide bonds. The number of rotatable bonds is 3. The second-order valence-electron chi connectivity index (χ2n) is 5.06. The first-order valence-electron chi connectivity index (χ1n) is 6.60. The summed E-state index contributed by atoms with van der Waals surface area (Å²) >= 11 is 7.00. The Hall–Kier alpha value is -2.25. The summed E-state index contributed by atoms with van der Waals surface area (Å²) < 4.78 is 15.3. The molecule has 0 aliphatic heterocycles. The fourth-order valence-corrected chi connectivity index (χ4v) is 3.07. The molecule has 0 fully saturated rings. The van der Waals surface area contributed by atoms with Crippen LogP contribution in [0.4, 0.5) is 9.52 Å². The van der Waals surface area contributed by atoms with E-state index in [1.165, 1.54) is 30.5 Å². The first-order valence-corrected chi connectivity index (χ1v) is 7.85. The number of halogens is 2. The highest BCUT2D eigenvalue weighted by Crippen LogP contribution is 2.26. The van der Waals surface area contributed by atoms with E-state index in [-0.39, 0.29) is 33.7 Å². The van der Waals surface area contributed by atoms with E-state index in [4.69, 9.17) is 17.3 Å². The number of nitrogen functional groups attached to an aromatic ring is 1. The molecule has 0 saturated carbocycles. The maximum atomic E-state index is 13.8. The van der Waals surface area contributed by atoms with E-state index >= 15 is 0 Å². The summed E-state index contributed by atoms with van der Waals surface area (Å²) in [6.07, 6.45) is 1.52. The minimum absolute atomic E-state index is 0.0331. The van der Waals surface area contributed by atoms with Gasteiger partial charge in [-0.15, -0.1) is 11.3 Å². The third-order valence-electron chi connectivity index (χ3n) is 3.31. The lowest BCUT2D eigenvalue weighted by molar-refractivity contribution is -0.117. The minimum Gasteiger partial charge on any atom is -0.375 e. The summed E-state index contributed by atoms with van der Waals surface area (Å²) in [6, 6.07) is 2.42. The fraction of sp³-hybridized carbons (Fsp3) is 0.133. The van der Waals surface area contributed by atoms with Crippen molar-refractivity contribution in [3.8, 4) is 11.3 Å². The van der Waals surface area contributed by atoms with E-state index in [1.54, 1.807) is 9.95 Å². The summed E-state index contributed by atoms with van der Waals surface area (Å²) in [5.41, 5.74) is 6.27. The van der Waals surface area contributed by atoms with Crippen LogP contribution in [0.15, 0.2) is 28.5 Å². The molecule has 2 aromatic heterocycles. The van der Waals surface area contributed by atoms with E-state index in [0.717, 1.165) is 6.07 Å². The van der Waals surface area contributed by atoms with Gasteiger partial charge in [-0.3, -0.25) is 9.59 Å². The molecule has 0 saturated heterocycles. The van der Waals surface area contributed by atoms with Crippen LogP contribution < -0.4 is 11.2 Å². The summed E-state index contributed by atoms with van der Waals surface area (Å²) in [7, 11) is 0. The molecule has 0 radical (unpaired) electrons. The van der Waals surface area contributed by atoms with E-state index in [2.05, 4.69) is 4.98 Å². The largest absolute Gasteiger partial charge is 0.375 e. The van der Waals surface area contributed by atoms with Crippen LogP contribution in [0.3, 0.4) is 0 Å². The lowest BCUT2D eigenvalue weighted by Crippen LogP contribution is -2.15. The highest BCUT2D eigenvalue weighted by atomic mass is 35.5. The summed E-state index contributed by atoms with van der Waals surface area (Å²) in [5.74, 6) is -0.806. The van der Waals surface area contributed by atoms with Gasteiger partial charge >= 0.3 is 0 Å². The molecule has 0 aliphatic carbocycles. The molecule has 3 rings (SSSR count). The normalized spacial score (nSPS) is 11.1. The van der Waals surface area contributed by atoms with Crippen molar-refractivity contribution in [3.63, 3.8) is 0 Å². The number of carbonyl (C=O) groups excluding carboxylic acids is 1. The van der Waals surface area contributed by atoms with Gasteiger partial charge in [0.15, 0.2) is 10.6 Å². The molecule has 0 bridgehead atoms. The lowest BCUT2D eigenvalue weighted by atomic mass is 10.1. The number of fused-ring (bicyclic) bond motifs is 1. The molecule has 1 aromatic carbocycles. The zero-order valence-corrected chi connectivity index (χ0v) is 13.5. The molecule has 2 N–H and O–H groups in total. The molecule has 0 spiro atoms. The average Bonchev–Trinajstić information content (AvgIpc) is 2.90. The first kappa shape index (κ1) is 15.6. The molecule has 5 nitrogen and oxygen atoms in total. The van der Waals surface area contributed by atoms with Crippen LogP contribution in [0.2, 0.25) is 5.02 Å². The van der Waals surface area contributed by atoms with Gasteiger partial charge in [-0.05, 0) is 19.1 Å². The van der Waals surface area contributed by atoms with Gasteiger partial charge in [-0.1, -0.05) is 11.6 Å². The Morgan fingerprint density at radius 3 is 2.83 bits per heavy atom. The van der Waals surface area contributed by atoms with Crippen molar-refractivity contribution in [2.75, 3.05) is 5.73 Å². The van der Waals surface area contributed by atoms with Crippen molar-refractivity contribution in [2.24, 2.45) is 0 Å². The first-order chi connectivity index (χ1) is 10.9. The quantitative estimate of drug-likeness (QED) is 0.786. The molecule has 3 aromatic rings. The Morgan fingerprint density at radius 2 is 2.22 bits per heavy atom. The van der Waals surface area contributed by atoms with Gasteiger partial charge in [0.2, 0.25) is 0 Å². The lowest BCUT2D eigenvalue weighted by Gasteiger charge is -2.12. The Bertz CT molecular complexity index is 996. The highest BCUT2D eigenvalue weighted by Gasteiger charge is 2.16. The molecule has 2 heterocycles. The molecule has 0 unspecified atom stereocenters. The topological polar surface area (TPSA) is 78.0 Å². The SMILES string of the molecule is CC(=O)Cn1cc(-c2csc(N)n2)c(=O)c2cc(F)c(Cl)cc21. The maximum Gasteiger partial charge on any atom is 0.198 e. The smallest absolute Gasteiger partial charge is 0.198 e. The molecule has 0 atom stereocenters. The van der Waals surface area contributed by atoms with Gasteiger partial charge in [0, 0.05) is 17.0 Å². The number of thiazole rings is 1. The Labute approximate surface area is 139 Å². The predicted molar refractivity (Wildman–Crippen MR) is 89.4 cm³/mol. The molecule has 8 heteroatoms. The number of benzene rings is 1. The molecule has 0 aliphatic rings. The Kier molecular flexibility index (Phi) is 3.91. The van der Waals surface area contributed by atoms with Gasteiger partial charge < -0.3 is 10.3 Å². The number of anilines is 1. The number of nitrogens with zero attached hydrogens (tertiary/aromatic N) is 2. The number of Topliss-reactive ketones (excluding diaryl/α,β-unsaturated/α-hetero) is 1. The number of pyridine rings is 1. The molecular weight excluding hydrogens is 341 g/mol. The van der Waals surface area contributed by atoms with Gasteiger partial charge in [0.05, 0.1) is 28.3 Å². The van der Waals surface area contributed by atoms with Crippen molar-refractivity contribution < 1.29 is 9.18 Å². The highest BCUT2D eigenvalue weighted by molar-refractivity contribution is 7.13. The van der Waals surface area contributed by atoms with Crippen molar-refractivity contribution in [1.29, 1.82) is 0 Å². The third kappa shape index (κ3) is 2.85. The summed E-state index contributed by atoms with van der Waals surface area (Å²) in [4.78, 5) is 28.2. The zero-order chi connectivity index (χ0) is 16.7. The van der Waals surface area contributed by atoms with Crippen LogP contribution in [-0.2, 0) is 11.3 Å².